The number of carbonyl (C=O) groups excluding carboxylic acids is 1. The summed E-state index contributed by atoms with van der Waals surface area (Å²) < 4.78 is 23.6. The summed E-state index contributed by atoms with van der Waals surface area (Å²) in [6.07, 6.45) is 4.88. The van der Waals surface area contributed by atoms with E-state index < -0.39 is 11.7 Å². The van der Waals surface area contributed by atoms with Gasteiger partial charge in [-0.2, -0.15) is 5.10 Å². The first-order valence-corrected chi connectivity index (χ1v) is 7.19. The van der Waals surface area contributed by atoms with Gasteiger partial charge in [-0.1, -0.05) is 30.3 Å². The number of allylic oxidation sites excluding steroid dienone is 1. The Morgan fingerprint density at radius 1 is 1.17 bits per heavy atom. The van der Waals surface area contributed by atoms with Gasteiger partial charge in [0, 0.05) is 11.8 Å². The summed E-state index contributed by atoms with van der Waals surface area (Å²) in [5.41, 5.74) is 3.18. The molecule has 1 N–H and O–H groups in total. The molecule has 2 aromatic rings. The van der Waals surface area contributed by atoms with Crippen molar-refractivity contribution in [3.63, 3.8) is 0 Å². The maximum atomic E-state index is 13.3. The van der Waals surface area contributed by atoms with Crippen LogP contribution in [0.3, 0.4) is 0 Å². The van der Waals surface area contributed by atoms with Crippen molar-refractivity contribution in [3.05, 3.63) is 66.0 Å². The molecule has 0 saturated heterocycles. The summed E-state index contributed by atoms with van der Waals surface area (Å²) >= 11 is 0. The maximum absolute atomic E-state index is 13.3. The molecule has 0 atom stereocenters. The van der Waals surface area contributed by atoms with Crippen LogP contribution in [0.15, 0.2) is 59.7 Å². The molecule has 6 heteroatoms. The lowest BCUT2D eigenvalue weighted by molar-refractivity contribution is -0.123. The zero-order valence-electron chi connectivity index (χ0n) is 13.1. The second-order valence-electron chi connectivity index (χ2n) is 4.63. The monoisotopic (exact) mass is 328 g/mol. The second-order valence-corrected chi connectivity index (χ2v) is 4.63. The third-order valence-corrected chi connectivity index (χ3v) is 2.96. The van der Waals surface area contributed by atoms with Gasteiger partial charge in [0.15, 0.2) is 18.2 Å². The second kappa shape index (κ2) is 9.09. The predicted octanol–water partition coefficient (Wildman–Crippen LogP) is 3.03. The quantitative estimate of drug-likeness (QED) is 0.628. The van der Waals surface area contributed by atoms with Crippen molar-refractivity contribution in [2.45, 2.75) is 0 Å². The van der Waals surface area contributed by atoms with E-state index in [9.17, 15) is 9.18 Å². The van der Waals surface area contributed by atoms with Gasteiger partial charge in [0.1, 0.15) is 5.75 Å². The highest BCUT2D eigenvalue weighted by atomic mass is 19.1. The number of methoxy groups -OCH3 is 1. The fraction of sp³-hybridized carbons (Fsp3) is 0.111. The van der Waals surface area contributed by atoms with Crippen molar-refractivity contribution < 1.29 is 18.7 Å². The third kappa shape index (κ3) is 5.24. The first kappa shape index (κ1) is 17.2. The zero-order chi connectivity index (χ0) is 17.2. The van der Waals surface area contributed by atoms with Crippen LogP contribution in [0, 0.1) is 5.82 Å². The van der Waals surface area contributed by atoms with Crippen LogP contribution in [0.1, 0.15) is 5.56 Å². The predicted molar refractivity (Wildman–Crippen MR) is 90.6 cm³/mol. The first-order valence-electron chi connectivity index (χ1n) is 7.19. The van der Waals surface area contributed by atoms with E-state index in [4.69, 9.17) is 9.47 Å². The van der Waals surface area contributed by atoms with E-state index in [1.54, 1.807) is 31.4 Å². The van der Waals surface area contributed by atoms with Crippen molar-refractivity contribution in [3.8, 4) is 11.5 Å². The lowest BCUT2D eigenvalue weighted by atomic mass is 10.2. The van der Waals surface area contributed by atoms with Crippen molar-refractivity contribution in [1.82, 2.24) is 5.43 Å². The molecular weight excluding hydrogens is 311 g/mol. The number of rotatable bonds is 7. The number of amides is 1. The number of para-hydroxylation sites is 2. The average molecular weight is 328 g/mol. The van der Waals surface area contributed by atoms with Crippen LogP contribution in [-0.2, 0) is 4.79 Å². The zero-order valence-corrected chi connectivity index (χ0v) is 13.1. The molecule has 2 rings (SSSR count). The molecule has 124 valence electrons. The molecule has 0 heterocycles. The normalized spacial score (nSPS) is 10.9. The number of hydrogen-bond donors (Lipinski definition) is 1. The Hall–Kier alpha value is -3.15. The Kier molecular flexibility index (Phi) is 6.52. The average Bonchev–Trinajstić information content (AvgIpc) is 2.61. The number of carbonyl (C=O) groups is 1. The smallest absolute Gasteiger partial charge is 0.277 e. The largest absolute Gasteiger partial charge is 0.496 e. The van der Waals surface area contributed by atoms with Crippen LogP contribution in [0.2, 0.25) is 0 Å². The minimum absolute atomic E-state index is 0.0210. The van der Waals surface area contributed by atoms with Crippen LogP contribution in [0.5, 0.6) is 11.5 Å². The number of halogens is 1. The number of nitrogens with one attached hydrogen (secondary N) is 1. The molecule has 0 unspecified atom stereocenters. The molecule has 0 aliphatic rings. The minimum Gasteiger partial charge on any atom is -0.496 e. The van der Waals surface area contributed by atoms with Crippen LogP contribution < -0.4 is 14.9 Å². The number of nitrogens with zero attached hydrogens (tertiary/aromatic N) is 1. The standard InChI is InChI=1S/C18H17FN2O3/c1-23-16-10-4-2-7-14(16)8-6-12-20-21-18(22)13-24-17-11-5-3-9-15(17)19/h2-12H,13H2,1H3,(H,21,22)/b8-6+,20-12+. The highest BCUT2D eigenvalue weighted by molar-refractivity contribution is 5.82. The van der Waals surface area contributed by atoms with Crippen molar-refractivity contribution in [2.75, 3.05) is 13.7 Å². The summed E-state index contributed by atoms with van der Waals surface area (Å²) in [4.78, 5) is 11.5. The van der Waals surface area contributed by atoms with Crippen LogP contribution in [0.4, 0.5) is 4.39 Å². The fourth-order valence-corrected chi connectivity index (χ4v) is 1.84. The molecule has 0 aliphatic carbocycles. The minimum atomic E-state index is -0.520. The number of ether oxygens (including phenoxy) is 2. The fourth-order valence-electron chi connectivity index (χ4n) is 1.84. The summed E-state index contributed by atoms with van der Waals surface area (Å²) in [5.74, 6) is -0.245. The number of hydrogen-bond acceptors (Lipinski definition) is 4. The molecule has 0 bridgehead atoms. The van der Waals surface area contributed by atoms with Gasteiger partial charge in [0.2, 0.25) is 0 Å². The van der Waals surface area contributed by atoms with Gasteiger partial charge in [-0.25, -0.2) is 9.82 Å². The molecule has 0 aromatic heterocycles. The van der Waals surface area contributed by atoms with Gasteiger partial charge in [-0.3, -0.25) is 4.79 Å². The van der Waals surface area contributed by atoms with Gasteiger partial charge >= 0.3 is 0 Å². The van der Waals surface area contributed by atoms with Gasteiger partial charge < -0.3 is 9.47 Å². The molecule has 0 aliphatic heterocycles. The molecule has 0 spiro atoms. The summed E-state index contributed by atoms with van der Waals surface area (Å²) in [5, 5.41) is 3.75. The van der Waals surface area contributed by atoms with Crippen LogP contribution >= 0.6 is 0 Å². The topological polar surface area (TPSA) is 59.9 Å². The molecule has 0 saturated carbocycles. The summed E-state index contributed by atoms with van der Waals surface area (Å²) in [6.45, 7) is -0.325. The lowest BCUT2D eigenvalue weighted by Crippen LogP contribution is -2.24. The van der Waals surface area contributed by atoms with E-state index in [0.29, 0.717) is 0 Å². The van der Waals surface area contributed by atoms with E-state index >= 15 is 0 Å². The maximum Gasteiger partial charge on any atom is 0.277 e. The Morgan fingerprint density at radius 3 is 2.62 bits per heavy atom. The Bertz CT molecular complexity index is 745. The number of hydrazone groups is 1. The molecule has 24 heavy (non-hydrogen) atoms. The van der Waals surface area contributed by atoms with E-state index in [1.807, 2.05) is 24.3 Å². The highest BCUT2D eigenvalue weighted by Gasteiger charge is 2.04. The lowest BCUT2D eigenvalue weighted by Gasteiger charge is -2.05. The van der Waals surface area contributed by atoms with E-state index in [2.05, 4.69) is 10.5 Å². The first-order chi connectivity index (χ1) is 11.7. The Labute approximate surface area is 139 Å². The van der Waals surface area contributed by atoms with Gasteiger partial charge in [-0.15, -0.1) is 0 Å². The van der Waals surface area contributed by atoms with Gasteiger partial charge in [0.05, 0.1) is 7.11 Å². The van der Waals surface area contributed by atoms with Crippen LogP contribution in [0.25, 0.3) is 6.08 Å². The molecular formula is C18H17FN2O3. The van der Waals surface area contributed by atoms with E-state index in [-0.39, 0.29) is 12.4 Å². The van der Waals surface area contributed by atoms with Crippen molar-refractivity contribution >= 4 is 18.2 Å². The highest BCUT2D eigenvalue weighted by Crippen LogP contribution is 2.18. The Morgan fingerprint density at radius 2 is 1.88 bits per heavy atom. The van der Waals surface area contributed by atoms with Crippen molar-refractivity contribution in [1.29, 1.82) is 0 Å². The van der Waals surface area contributed by atoms with E-state index in [0.717, 1.165) is 11.3 Å². The SMILES string of the molecule is COc1ccccc1/C=C/C=N/NC(=O)COc1ccccc1F. The molecule has 5 nitrogen and oxygen atoms in total. The van der Waals surface area contributed by atoms with E-state index in [1.165, 1.54) is 18.3 Å². The van der Waals surface area contributed by atoms with Gasteiger partial charge in [-0.05, 0) is 30.4 Å². The van der Waals surface area contributed by atoms with Gasteiger partial charge in [0.25, 0.3) is 5.91 Å². The summed E-state index contributed by atoms with van der Waals surface area (Å²) in [6, 6.07) is 13.4. The summed E-state index contributed by atoms with van der Waals surface area (Å²) in [7, 11) is 1.59. The molecule has 0 radical (unpaired) electrons. The van der Waals surface area contributed by atoms with Crippen molar-refractivity contribution in [2.24, 2.45) is 5.10 Å². The Balaban J connectivity index is 1.78. The third-order valence-electron chi connectivity index (χ3n) is 2.96. The molecule has 1 amide bonds. The van der Waals surface area contributed by atoms with Crippen LogP contribution in [-0.4, -0.2) is 25.8 Å². The molecule has 2 aromatic carbocycles. The molecule has 0 fully saturated rings. The number of benzene rings is 2.